The van der Waals surface area contributed by atoms with Crippen LogP contribution in [0.2, 0.25) is 0 Å². The van der Waals surface area contributed by atoms with Gasteiger partial charge in [0.2, 0.25) is 0 Å². The first kappa shape index (κ1) is 19.3. The Morgan fingerprint density at radius 2 is 1.50 bits per heavy atom. The van der Waals surface area contributed by atoms with E-state index in [1.807, 2.05) is 12.1 Å². The van der Waals surface area contributed by atoms with Crippen LogP contribution in [-0.4, -0.2) is 50.3 Å². The Balaban J connectivity index is 1.49. The Bertz CT molecular complexity index is 555. The number of piperidine rings is 1. The molecule has 0 aromatic heterocycles. The number of anilines is 2. The van der Waals surface area contributed by atoms with E-state index in [0.717, 1.165) is 11.4 Å². The molecule has 0 bridgehead atoms. The minimum Gasteiger partial charge on any atom is -0.382 e. The van der Waals surface area contributed by atoms with Crippen molar-refractivity contribution in [1.29, 1.82) is 0 Å². The number of halogens is 3. The fourth-order valence-corrected chi connectivity index (χ4v) is 4.21. The molecule has 0 spiro atoms. The summed E-state index contributed by atoms with van der Waals surface area (Å²) in [6.07, 6.45) is 1.13. The van der Waals surface area contributed by atoms with Crippen molar-refractivity contribution in [3.8, 4) is 0 Å². The second-order valence-corrected chi connectivity index (χ2v) is 7.96. The van der Waals surface area contributed by atoms with Gasteiger partial charge in [-0.25, -0.2) is 0 Å². The molecule has 2 fully saturated rings. The van der Waals surface area contributed by atoms with E-state index >= 15 is 0 Å². The maximum Gasteiger partial charge on any atom is 0.391 e. The fraction of sp³-hybridized carbons (Fsp3) is 0.700. The number of nitrogens with one attached hydrogen (secondary N) is 1. The van der Waals surface area contributed by atoms with Crippen molar-refractivity contribution in [2.45, 2.75) is 56.8 Å². The largest absolute Gasteiger partial charge is 0.391 e. The molecule has 3 nitrogen and oxygen atoms in total. The minimum absolute atomic E-state index is 0.193. The van der Waals surface area contributed by atoms with Crippen molar-refractivity contribution in [2.24, 2.45) is 5.92 Å². The lowest BCUT2D eigenvalue weighted by atomic mass is 9.90. The SMILES string of the molecule is CN(C)C1CCC(Nc2ccc(N3CCC(C(F)(F)F)CC3)cc2)CC1. The minimum atomic E-state index is -4.05. The van der Waals surface area contributed by atoms with Gasteiger partial charge in [-0.1, -0.05) is 0 Å². The molecule has 1 heterocycles. The third kappa shape index (κ3) is 4.84. The summed E-state index contributed by atoms with van der Waals surface area (Å²) in [6.45, 7) is 0.955. The Morgan fingerprint density at radius 3 is 2.00 bits per heavy atom. The fourth-order valence-electron chi connectivity index (χ4n) is 4.21. The van der Waals surface area contributed by atoms with Crippen molar-refractivity contribution in [1.82, 2.24) is 4.90 Å². The molecule has 146 valence electrons. The number of hydrogen-bond donors (Lipinski definition) is 1. The summed E-state index contributed by atoms with van der Waals surface area (Å²) in [5.74, 6) is -1.14. The maximum atomic E-state index is 12.8. The first-order valence-electron chi connectivity index (χ1n) is 9.67. The standard InChI is InChI=1S/C20H30F3N3/c1-25(2)18-7-3-16(4-8-18)24-17-5-9-19(10-6-17)26-13-11-15(12-14-26)20(21,22)23/h5-6,9-10,15-16,18,24H,3-4,7-8,11-14H2,1-2H3. The Kier molecular flexibility index (Phi) is 6.00. The molecule has 26 heavy (non-hydrogen) atoms. The van der Waals surface area contributed by atoms with Crippen LogP contribution in [0.4, 0.5) is 24.5 Å². The molecule has 0 amide bonds. The lowest BCUT2D eigenvalue weighted by molar-refractivity contribution is -0.179. The molecule has 1 aromatic rings. The van der Waals surface area contributed by atoms with Crippen LogP contribution in [0, 0.1) is 5.92 Å². The molecule has 0 atom stereocenters. The van der Waals surface area contributed by atoms with Crippen LogP contribution >= 0.6 is 0 Å². The molecule has 6 heteroatoms. The molecule has 1 aliphatic carbocycles. The van der Waals surface area contributed by atoms with Gasteiger partial charge >= 0.3 is 6.18 Å². The second-order valence-electron chi connectivity index (χ2n) is 7.96. The number of benzene rings is 1. The molecule has 1 saturated carbocycles. The van der Waals surface area contributed by atoms with Gasteiger partial charge in [0.05, 0.1) is 5.92 Å². The van der Waals surface area contributed by atoms with E-state index < -0.39 is 12.1 Å². The van der Waals surface area contributed by atoms with Crippen LogP contribution in [0.1, 0.15) is 38.5 Å². The molecule has 0 radical (unpaired) electrons. The summed E-state index contributed by atoms with van der Waals surface area (Å²) in [5.41, 5.74) is 2.12. The van der Waals surface area contributed by atoms with Crippen LogP contribution in [0.25, 0.3) is 0 Å². The van der Waals surface area contributed by atoms with Gasteiger partial charge in [-0.15, -0.1) is 0 Å². The third-order valence-corrected chi connectivity index (χ3v) is 5.99. The van der Waals surface area contributed by atoms with Gasteiger partial charge in [-0.05, 0) is 76.9 Å². The van der Waals surface area contributed by atoms with Crippen LogP contribution in [0.5, 0.6) is 0 Å². The van der Waals surface area contributed by atoms with Crippen LogP contribution in [0.3, 0.4) is 0 Å². The average molecular weight is 369 g/mol. The van der Waals surface area contributed by atoms with Crippen molar-refractivity contribution >= 4 is 11.4 Å². The lowest BCUT2D eigenvalue weighted by Crippen LogP contribution is -2.39. The third-order valence-electron chi connectivity index (χ3n) is 5.99. The Morgan fingerprint density at radius 1 is 0.923 bits per heavy atom. The summed E-state index contributed by atoms with van der Waals surface area (Å²) in [6, 6.07) is 9.38. The maximum absolute atomic E-state index is 12.8. The van der Waals surface area contributed by atoms with E-state index in [2.05, 4.69) is 41.3 Å². The second kappa shape index (κ2) is 8.07. The van der Waals surface area contributed by atoms with Crippen molar-refractivity contribution in [3.63, 3.8) is 0 Å². The van der Waals surface area contributed by atoms with Crippen molar-refractivity contribution < 1.29 is 13.2 Å². The van der Waals surface area contributed by atoms with Gasteiger partial charge in [0, 0.05) is 36.5 Å². The Hall–Kier alpha value is -1.43. The van der Waals surface area contributed by atoms with E-state index in [1.165, 1.54) is 25.7 Å². The molecular weight excluding hydrogens is 339 g/mol. The van der Waals surface area contributed by atoms with Gasteiger partial charge in [-0.2, -0.15) is 13.2 Å². The lowest BCUT2D eigenvalue weighted by Gasteiger charge is -2.35. The number of alkyl halides is 3. The monoisotopic (exact) mass is 369 g/mol. The number of nitrogens with zero attached hydrogens (tertiary/aromatic N) is 2. The Labute approximate surface area is 154 Å². The highest BCUT2D eigenvalue weighted by molar-refractivity contribution is 5.55. The zero-order valence-corrected chi connectivity index (χ0v) is 15.7. The predicted molar refractivity (Wildman–Crippen MR) is 101 cm³/mol. The van der Waals surface area contributed by atoms with Crippen LogP contribution in [0.15, 0.2) is 24.3 Å². The first-order chi connectivity index (χ1) is 12.3. The van der Waals surface area contributed by atoms with Crippen LogP contribution in [-0.2, 0) is 0 Å². The molecule has 2 aliphatic rings. The normalized spacial score (nSPS) is 25.5. The molecule has 1 aromatic carbocycles. The summed E-state index contributed by atoms with van der Waals surface area (Å²) < 4.78 is 38.4. The summed E-state index contributed by atoms with van der Waals surface area (Å²) in [7, 11) is 4.29. The van der Waals surface area contributed by atoms with Crippen molar-refractivity contribution in [2.75, 3.05) is 37.4 Å². The topological polar surface area (TPSA) is 18.5 Å². The molecular formula is C20H30F3N3. The molecule has 3 rings (SSSR count). The van der Waals surface area contributed by atoms with E-state index in [1.54, 1.807) is 0 Å². The summed E-state index contributed by atoms with van der Waals surface area (Å²) in [5, 5.41) is 3.61. The smallest absolute Gasteiger partial charge is 0.382 e. The highest BCUT2D eigenvalue weighted by Gasteiger charge is 2.41. The number of hydrogen-bond acceptors (Lipinski definition) is 3. The van der Waals surface area contributed by atoms with Gasteiger partial charge < -0.3 is 15.1 Å². The van der Waals surface area contributed by atoms with Crippen molar-refractivity contribution in [3.05, 3.63) is 24.3 Å². The quantitative estimate of drug-likeness (QED) is 0.826. The van der Waals surface area contributed by atoms with Gasteiger partial charge in [0.15, 0.2) is 0 Å². The molecule has 1 aliphatic heterocycles. The zero-order valence-electron chi connectivity index (χ0n) is 15.7. The zero-order chi connectivity index (χ0) is 18.7. The van der Waals surface area contributed by atoms with E-state index in [0.29, 0.717) is 25.2 Å². The molecule has 1 saturated heterocycles. The van der Waals surface area contributed by atoms with E-state index in [4.69, 9.17) is 0 Å². The first-order valence-corrected chi connectivity index (χ1v) is 9.67. The van der Waals surface area contributed by atoms with Crippen LogP contribution < -0.4 is 10.2 Å². The van der Waals surface area contributed by atoms with Gasteiger partial charge in [0.1, 0.15) is 0 Å². The summed E-state index contributed by atoms with van der Waals surface area (Å²) >= 11 is 0. The highest BCUT2D eigenvalue weighted by Crippen LogP contribution is 2.35. The highest BCUT2D eigenvalue weighted by atomic mass is 19.4. The van der Waals surface area contributed by atoms with E-state index in [-0.39, 0.29) is 12.8 Å². The number of rotatable bonds is 4. The van der Waals surface area contributed by atoms with Gasteiger partial charge in [-0.3, -0.25) is 0 Å². The molecule has 0 unspecified atom stereocenters. The van der Waals surface area contributed by atoms with E-state index in [9.17, 15) is 13.2 Å². The molecule has 1 N–H and O–H groups in total. The average Bonchev–Trinajstić information content (AvgIpc) is 2.62. The summed E-state index contributed by atoms with van der Waals surface area (Å²) in [4.78, 5) is 4.38. The van der Waals surface area contributed by atoms with Gasteiger partial charge in [0.25, 0.3) is 0 Å². The predicted octanol–water partition coefficient (Wildman–Crippen LogP) is 4.75.